The van der Waals surface area contributed by atoms with Crippen molar-refractivity contribution >= 4 is 23.3 Å². The predicted octanol–water partition coefficient (Wildman–Crippen LogP) is 3.33. The summed E-state index contributed by atoms with van der Waals surface area (Å²) in [5, 5.41) is 13.3. The SMILES string of the molecule is CC(=O)Nc1cnc(-c2ccccc2)n(CC(=O)N[C@H](C(=O)c2nnc(C(C)(C)c3ccc4c(c3)OCO4)o2)C(C)C)c1=O. The third kappa shape index (κ3) is 6.07. The highest BCUT2D eigenvalue weighted by Gasteiger charge is 2.35. The van der Waals surface area contributed by atoms with Crippen molar-refractivity contribution in [2.75, 3.05) is 12.1 Å². The molecule has 0 bridgehead atoms. The molecule has 2 amide bonds. The van der Waals surface area contributed by atoms with Crippen LogP contribution in [-0.4, -0.2) is 50.2 Å². The van der Waals surface area contributed by atoms with Gasteiger partial charge >= 0.3 is 0 Å². The average Bonchev–Trinajstić information content (AvgIpc) is 3.68. The van der Waals surface area contributed by atoms with Crippen LogP contribution in [0.2, 0.25) is 0 Å². The summed E-state index contributed by atoms with van der Waals surface area (Å²) in [7, 11) is 0. The molecule has 0 radical (unpaired) electrons. The lowest BCUT2D eigenvalue weighted by Gasteiger charge is -2.22. The molecule has 0 saturated heterocycles. The molecule has 4 aromatic rings. The zero-order valence-electron chi connectivity index (χ0n) is 24.9. The number of carbonyl (C=O) groups excluding carboxylic acids is 3. The summed E-state index contributed by atoms with van der Waals surface area (Å²) < 4.78 is 17.9. The normalized spacial score (nSPS) is 13.0. The molecule has 5 rings (SSSR count). The number of Topliss-reactive ketones (excluding diaryl/α,β-unsaturated/α-hetero) is 1. The highest BCUT2D eigenvalue weighted by atomic mass is 16.7. The Balaban J connectivity index is 1.38. The van der Waals surface area contributed by atoms with E-state index in [4.69, 9.17) is 13.9 Å². The first kappa shape index (κ1) is 30.1. The van der Waals surface area contributed by atoms with Crippen LogP contribution in [-0.2, 0) is 21.5 Å². The highest BCUT2D eigenvalue weighted by Crippen LogP contribution is 2.38. The molecule has 3 heterocycles. The Hall–Kier alpha value is -5.33. The second-order valence-corrected chi connectivity index (χ2v) is 11.2. The zero-order valence-corrected chi connectivity index (χ0v) is 24.9. The van der Waals surface area contributed by atoms with Gasteiger partial charge in [0.1, 0.15) is 18.1 Å². The smallest absolute Gasteiger partial charge is 0.286 e. The molecule has 2 aromatic carbocycles. The van der Waals surface area contributed by atoms with E-state index in [2.05, 4.69) is 25.8 Å². The van der Waals surface area contributed by atoms with Crippen LogP contribution >= 0.6 is 0 Å². The Labute approximate surface area is 252 Å². The molecule has 0 fully saturated rings. The van der Waals surface area contributed by atoms with Crippen molar-refractivity contribution in [2.45, 2.75) is 52.6 Å². The second kappa shape index (κ2) is 12.1. The number of carbonyl (C=O) groups is 3. The Morgan fingerprint density at radius 1 is 1.02 bits per heavy atom. The maximum atomic E-state index is 13.6. The lowest BCUT2D eigenvalue weighted by Crippen LogP contribution is -2.46. The minimum atomic E-state index is -1.04. The number of hydrogen-bond acceptors (Lipinski definition) is 10. The zero-order chi connectivity index (χ0) is 31.6. The van der Waals surface area contributed by atoms with Crippen molar-refractivity contribution in [1.82, 2.24) is 25.1 Å². The molecular weight excluding hydrogens is 568 g/mol. The highest BCUT2D eigenvalue weighted by molar-refractivity contribution is 5.98. The minimum Gasteiger partial charge on any atom is -0.454 e. The minimum absolute atomic E-state index is 0.0788. The first-order valence-electron chi connectivity index (χ1n) is 14.0. The lowest BCUT2D eigenvalue weighted by atomic mass is 9.84. The number of rotatable bonds is 10. The van der Waals surface area contributed by atoms with Gasteiger partial charge in [-0.2, -0.15) is 0 Å². The molecule has 13 heteroatoms. The van der Waals surface area contributed by atoms with Crippen LogP contribution in [0.15, 0.2) is 63.9 Å². The van der Waals surface area contributed by atoms with E-state index in [1.165, 1.54) is 13.1 Å². The van der Waals surface area contributed by atoms with Crippen molar-refractivity contribution in [1.29, 1.82) is 0 Å². The van der Waals surface area contributed by atoms with E-state index >= 15 is 0 Å². The number of ether oxygens (including phenoxy) is 2. The Kier molecular flexibility index (Phi) is 8.30. The third-order valence-electron chi connectivity index (χ3n) is 7.22. The van der Waals surface area contributed by atoms with Gasteiger partial charge in [0.2, 0.25) is 30.3 Å². The molecule has 0 saturated carbocycles. The van der Waals surface area contributed by atoms with Gasteiger partial charge in [-0.25, -0.2) is 4.98 Å². The monoisotopic (exact) mass is 600 g/mol. The summed E-state index contributed by atoms with van der Waals surface area (Å²) in [5.41, 5.74) is -0.0715. The number of ketones is 1. The Morgan fingerprint density at radius 3 is 2.45 bits per heavy atom. The van der Waals surface area contributed by atoms with Gasteiger partial charge in [-0.05, 0) is 37.5 Å². The van der Waals surface area contributed by atoms with Gasteiger partial charge in [-0.1, -0.05) is 50.2 Å². The van der Waals surface area contributed by atoms with E-state index in [1.807, 2.05) is 32.0 Å². The quantitative estimate of drug-likeness (QED) is 0.258. The molecule has 1 aliphatic rings. The van der Waals surface area contributed by atoms with E-state index in [-0.39, 0.29) is 36.0 Å². The van der Waals surface area contributed by atoms with Crippen LogP contribution in [0.3, 0.4) is 0 Å². The van der Waals surface area contributed by atoms with Gasteiger partial charge in [0.05, 0.1) is 17.7 Å². The van der Waals surface area contributed by atoms with Crippen molar-refractivity contribution in [2.24, 2.45) is 5.92 Å². The second-order valence-electron chi connectivity index (χ2n) is 11.2. The van der Waals surface area contributed by atoms with Gasteiger partial charge in [-0.15, -0.1) is 10.2 Å². The van der Waals surface area contributed by atoms with Gasteiger partial charge in [0.25, 0.3) is 11.4 Å². The number of aromatic nitrogens is 4. The van der Waals surface area contributed by atoms with Crippen LogP contribution in [0.1, 0.15) is 56.8 Å². The maximum absolute atomic E-state index is 13.6. The van der Waals surface area contributed by atoms with Gasteiger partial charge in [-0.3, -0.25) is 23.7 Å². The topological polar surface area (TPSA) is 168 Å². The van der Waals surface area contributed by atoms with Crippen molar-refractivity contribution in [3.63, 3.8) is 0 Å². The fourth-order valence-electron chi connectivity index (χ4n) is 4.75. The fraction of sp³-hybridized carbons (Fsp3) is 0.323. The Bertz CT molecular complexity index is 1780. The van der Waals surface area contributed by atoms with Gasteiger partial charge in [0, 0.05) is 12.5 Å². The molecule has 13 nitrogen and oxygen atoms in total. The van der Waals surface area contributed by atoms with Crippen molar-refractivity contribution < 1.29 is 28.3 Å². The van der Waals surface area contributed by atoms with Crippen molar-refractivity contribution in [3.05, 3.63) is 82.4 Å². The molecule has 228 valence electrons. The summed E-state index contributed by atoms with van der Waals surface area (Å²) in [6.07, 6.45) is 1.25. The summed E-state index contributed by atoms with van der Waals surface area (Å²) in [6, 6.07) is 13.3. The van der Waals surface area contributed by atoms with E-state index in [9.17, 15) is 19.2 Å². The van der Waals surface area contributed by atoms with Crippen LogP contribution in [0, 0.1) is 5.92 Å². The number of amides is 2. The van der Waals surface area contributed by atoms with Crippen LogP contribution in [0.5, 0.6) is 11.5 Å². The number of anilines is 1. The molecule has 0 spiro atoms. The summed E-state index contributed by atoms with van der Waals surface area (Å²) in [4.78, 5) is 56.2. The maximum Gasteiger partial charge on any atom is 0.286 e. The largest absolute Gasteiger partial charge is 0.454 e. The molecule has 44 heavy (non-hydrogen) atoms. The van der Waals surface area contributed by atoms with Crippen LogP contribution in [0.4, 0.5) is 5.69 Å². The first-order valence-corrected chi connectivity index (χ1v) is 14.0. The molecule has 0 unspecified atom stereocenters. The first-order chi connectivity index (χ1) is 21.0. The number of nitrogens with one attached hydrogen (secondary N) is 2. The number of nitrogens with zero attached hydrogens (tertiary/aromatic N) is 4. The van der Waals surface area contributed by atoms with E-state index < -0.39 is 41.2 Å². The molecule has 1 atom stereocenters. The summed E-state index contributed by atoms with van der Waals surface area (Å²) >= 11 is 0. The lowest BCUT2D eigenvalue weighted by molar-refractivity contribution is -0.122. The average molecular weight is 601 g/mol. The molecule has 1 aliphatic heterocycles. The standard InChI is InChI=1S/C31H32N6O7/c1-17(2)25(26(40)28-35-36-30(44-28)31(4,5)20-11-12-22-23(13-20)43-16-42-22)34-24(39)15-37-27(19-9-7-6-8-10-19)32-14-21(29(37)41)33-18(3)38/h6-14,17,25H,15-16H2,1-5H3,(H,33,38)(H,34,39)/t25-/m0/s1. The third-order valence-corrected chi connectivity index (χ3v) is 7.22. The molecular formula is C31H32N6O7. The molecule has 2 N–H and O–H groups in total. The number of hydrogen-bond donors (Lipinski definition) is 2. The van der Waals surface area contributed by atoms with Crippen LogP contribution < -0.4 is 25.7 Å². The van der Waals surface area contributed by atoms with E-state index in [0.717, 1.165) is 10.1 Å². The Morgan fingerprint density at radius 2 is 1.75 bits per heavy atom. The van der Waals surface area contributed by atoms with Gasteiger partial charge in [0.15, 0.2) is 11.5 Å². The van der Waals surface area contributed by atoms with Crippen molar-refractivity contribution in [3.8, 4) is 22.9 Å². The van der Waals surface area contributed by atoms with Crippen LogP contribution in [0.25, 0.3) is 11.4 Å². The van der Waals surface area contributed by atoms with E-state index in [0.29, 0.717) is 17.1 Å². The van der Waals surface area contributed by atoms with Gasteiger partial charge < -0.3 is 24.5 Å². The predicted molar refractivity (Wildman–Crippen MR) is 158 cm³/mol. The fourth-order valence-corrected chi connectivity index (χ4v) is 4.75. The number of fused-ring (bicyclic) bond motifs is 1. The van der Waals surface area contributed by atoms with E-state index in [1.54, 1.807) is 44.2 Å². The summed E-state index contributed by atoms with van der Waals surface area (Å²) in [5.74, 6) is -0.625. The number of benzene rings is 2. The molecule has 2 aromatic heterocycles. The molecule has 0 aliphatic carbocycles. The summed E-state index contributed by atoms with van der Waals surface area (Å²) in [6.45, 7) is 8.21.